The van der Waals surface area contributed by atoms with Crippen molar-refractivity contribution in [3.05, 3.63) is 48.0 Å². The topological polar surface area (TPSA) is 55.6 Å². The lowest BCUT2D eigenvalue weighted by Crippen LogP contribution is -2.75. The number of rotatable bonds is 6. The van der Waals surface area contributed by atoms with Gasteiger partial charge in [0, 0.05) is 32.0 Å². The number of carbonyl (C=O) groups is 1. The molecule has 1 saturated carbocycles. The Hall–Kier alpha value is -1.91. The molecule has 2 unspecified atom stereocenters. The quantitative estimate of drug-likeness (QED) is 0.865. The fraction of sp³-hybridized carbons (Fsp3) is 0.500. The van der Waals surface area contributed by atoms with E-state index in [0.29, 0.717) is 19.6 Å². The van der Waals surface area contributed by atoms with Crippen molar-refractivity contribution in [2.24, 2.45) is 11.1 Å². The van der Waals surface area contributed by atoms with Crippen LogP contribution in [0.25, 0.3) is 10.8 Å². The highest BCUT2D eigenvalue weighted by atomic mass is 16.5. The summed E-state index contributed by atoms with van der Waals surface area (Å²) in [5.41, 5.74) is 6.59. The van der Waals surface area contributed by atoms with Crippen LogP contribution in [0.5, 0.6) is 0 Å². The molecule has 140 valence electrons. The smallest absolute Gasteiger partial charge is 0.243 e. The maximum Gasteiger partial charge on any atom is 0.243 e. The van der Waals surface area contributed by atoms with Gasteiger partial charge in [-0.15, -0.1) is 0 Å². The highest BCUT2D eigenvalue weighted by Gasteiger charge is 2.63. The van der Waals surface area contributed by atoms with E-state index in [-0.39, 0.29) is 17.4 Å². The van der Waals surface area contributed by atoms with Crippen LogP contribution in [0.4, 0.5) is 0 Å². The van der Waals surface area contributed by atoms with Crippen LogP contribution in [0.15, 0.2) is 42.5 Å². The number of nitrogens with zero attached hydrogens (tertiary/aromatic N) is 1. The zero-order valence-electron chi connectivity index (χ0n) is 16.3. The molecule has 0 aliphatic heterocycles. The molecule has 4 heteroatoms. The van der Waals surface area contributed by atoms with Gasteiger partial charge in [0.1, 0.15) is 5.54 Å². The molecular formula is C22H30N2O2. The van der Waals surface area contributed by atoms with E-state index >= 15 is 0 Å². The second-order valence-electron chi connectivity index (χ2n) is 7.96. The lowest BCUT2D eigenvalue weighted by molar-refractivity contribution is -0.178. The van der Waals surface area contributed by atoms with Gasteiger partial charge in [0.2, 0.25) is 5.91 Å². The zero-order valence-corrected chi connectivity index (χ0v) is 16.3. The first-order valence-corrected chi connectivity index (χ1v) is 9.44. The summed E-state index contributed by atoms with van der Waals surface area (Å²) in [5.74, 6) is 0.0127. The van der Waals surface area contributed by atoms with Gasteiger partial charge in [0.25, 0.3) is 0 Å². The van der Waals surface area contributed by atoms with Crippen LogP contribution >= 0.6 is 0 Å². The molecule has 0 bridgehead atoms. The van der Waals surface area contributed by atoms with E-state index in [9.17, 15) is 4.79 Å². The third kappa shape index (κ3) is 3.01. The zero-order chi connectivity index (χ0) is 18.9. The molecule has 0 aromatic heterocycles. The van der Waals surface area contributed by atoms with E-state index in [1.165, 1.54) is 16.3 Å². The summed E-state index contributed by atoms with van der Waals surface area (Å²) in [6.45, 7) is 7.35. The fourth-order valence-corrected chi connectivity index (χ4v) is 4.04. The Morgan fingerprint density at radius 2 is 1.92 bits per heavy atom. The Morgan fingerprint density at radius 1 is 1.23 bits per heavy atom. The number of hydrogen-bond donors (Lipinski definition) is 1. The van der Waals surface area contributed by atoms with Crippen LogP contribution < -0.4 is 5.73 Å². The molecule has 1 aliphatic rings. The molecule has 0 radical (unpaired) electrons. The number of ether oxygens (including phenoxy) is 1. The standard InChI is InChI=1S/C22H30N2O2/c1-5-26-19-15-22(23,21(19,2)3)20(25)24(4)14-13-17-11-8-10-16-9-6-7-12-18(16)17/h6-12,19H,5,13-15,23H2,1-4H3. The van der Waals surface area contributed by atoms with Gasteiger partial charge >= 0.3 is 0 Å². The number of nitrogens with two attached hydrogens (primary N) is 1. The fourth-order valence-electron chi connectivity index (χ4n) is 4.04. The van der Waals surface area contributed by atoms with E-state index in [1.807, 2.05) is 33.9 Å². The number of likely N-dealkylation sites (N-methyl/N-ethyl adjacent to an activating group) is 1. The average molecular weight is 354 g/mol. The maximum atomic E-state index is 13.0. The third-order valence-electron chi connectivity index (χ3n) is 6.15. The Labute approximate surface area is 156 Å². The summed E-state index contributed by atoms with van der Waals surface area (Å²) in [7, 11) is 1.85. The summed E-state index contributed by atoms with van der Waals surface area (Å²) in [6, 6.07) is 14.7. The van der Waals surface area contributed by atoms with Gasteiger partial charge in [-0.05, 0) is 29.7 Å². The number of amides is 1. The first-order valence-electron chi connectivity index (χ1n) is 9.44. The predicted molar refractivity (Wildman–Crippen MR) is 106 cm³/mol. The number of fused-ring (bicyclic) bond motifs is 1. The van der Waals surface area contributed by atoms with Crippen molar-refractivity contribution in [1.82, 2.24) is 4.90 Å². The normalized spacial score (nSPS) is 24.3. The lowest BCUT2D eigenvalue weighted by Gasteiger charge is -2.58. The molecule has 0 saturated heterocycles. The number of carbonyl (C=O) groups excluding carboxylic acids is 1. The van der Waals surface area contributed by atoms with Crippen molar-refractivity contribution in [3.8, 4) is 0 Å². The molecular weight excluding hydrogens is 324 g/mol. The highest BCUT2D eigenvalue weighted by Crippen LogP contribution is 2.50. The molecule has 2 atom stereocenters. The second-order valence-corrected chi connectivity index (χ2v) is 7.96. The minimum Gasteiger partial charge on any atom is -0.378 e. The number of hydrogen-bond acceptors (Lipinski definition) is 3. The van der Waals surface area contributed by atoms with Gasteiger partial charge in [-0.1, -0.05) is 56.3 Å². The molecule has 1 amide bonds. The maximum absolute atomic E-state index is 13.0. The molecule has 3 rings (SSSR count). The summed E-state index contributed by atoms with van der Waals surface area (Å²) in [4.78, 5) is 14.8. The lowest BCUT2D eigenvalue weighted by atomic mass is 9.54. The first-order chi connectivity index (χ1) is 12.3. The second kappa shape index (κ2) is 7.01. The minimum absolute atomic E-state index is 0.0127. The molecule has 2 N–H and O–H groups in total. The Morgan fingerprint density at radius 3 is 2.62 bits per heavy atom. The molecule has 1 aliphatic carbocycles. The molecule has 2 aromatic carbocycles. The summed E-state index contributed by atoms with van der Waals surface area (Å²) >= 11 is 0. The van der Waals surface area contributed by atoms with Gasteiger partial charge in [-0.2, -0.15) is 0 Å². The Bertz CT molecular complexity index is 796. The Kier molecular flexibility index (Phi) is 5.09. The van der Waals surface area contributed by atoms with Crippen molar-refractivity contribution in [3.63, 3.8) is 0 Å². The highest BCUT2D eigenvalue weighted by molar-refractivity contribution is 5.89. The predicted octanol–water partition coefficient (Wildman–Crippen LogP) is 3.37. The average Bonchev–Trinajstić information content (AvgIpc) is 2.65. The van der Waals surface area contributed by atoms with E-state index in [4.69, 9.17) is 10.5 Å². The summed E-state index contributed by atoms with van der Waals surface area (Å²) in [6.07, 6.45) is 1.45. The molecule has 1 fully saturated rings. The monoisotopic (exact) mass is 354 g/mol. The minimum atomic E-state index is -0.847. The van der Waals surface area contributed by atoms with Crippen LogP contribution in [0, 0.1) is 5.41 Å². The first kappa shape index (κ1) is 18.9. The van der Waals surface area contributed by atoms with E-state index < -0.39 is 5.54 Å². The van der Waals surface area contributed by atoms with Gasteiger partial charge in [0.15, 0.2) is 0 Å². The van der Waals surface area contributed by atoms with Gasteiger partial charge in [-0.3, -0.25) is 4.79 Å². The van der Waals surface area contributed by atoms with Gasteiger partial charge < -0.3 is 15.4 Å². The molecule has 0 spiro atoms. The summed E-state index contributed by atoms with van der Waals surface area (Å²) < 4.78 is 5.75. The van der Waals surface area contributed by atoms with Gasteiger partial charge in [0.05, 0.1) is 6.10 Å². The van der Waals surface area contributed by atoms with Crippen molar-refractivity contribution in [2.75, 3.05) is 20.2 Å². The van der Waals surface area contributed by atoms with Crippen LogP contribution in [0.2, 0.25) is 0 Å². The molecule has 0 heterocycles. The van der Waals surface area contributed by atoms with Crippen LogP contribution in [-0.2, 0) is 16.0 Å². The third-order valence-corrected chi connectivity index (χ3v) is 6.15. The molecule has 4 nitrogen and oxygen atoms in total. The van der Waals surface area contributed by atoms with E-state index in [1.54, 1.807) is 4.90 Å². The van der Waals surface area contributed by atoms with Gasteiger partial charge in [-0.25, -0.2) is 0 Å². The van der Waals surface area contributed by atoms with Crippen molar-refractivity contribution < 1.29 is 9.53 Å². The SMILES string of the molecule is CCOC1CC(N)(C(=O)N(C)CCc2cccc3ccccc23)C1(C)C. The van der Waals surface area contributed by atoms with Crippen molar-refractivity contribution in [2.45, 2.75) is 45.3 Å². The Balaban J connectivity index is 1.68. The summed E-state index contributed by atoms with van der Waals surface area (Å²) in [5, 5.41) is 2.48. The van der Waals surface area contributed by atoms with E-state index in [2.05, 4.69) is 36.4 Å². The molecule has 26 heavy (non-hydrogen) atoms. The van der Waals surface area contributed by atoms with E-state index in [0.717, 1.165) is 6.42 Å². The number of benzene rings is 2. The van der Waals surface area contributed by atoms with Crippen LogP contribution in [0.1, 0.15) is 32.8 Å². The molecule has 2 aromatic rings. The largest absolute Gasteiger partial charge is 0.378 e. The van der Waals surface area contributed by atoms with Crippen molar-refractivity contribution >= 4 is 16.7 Å². The van der Waals surface area contributed by atoms with Crippen LogP contribution in [-0.4, -0.2) is 42.6 Å². The van der Waals surface area contributed by atoms with Crippen molar-refractivity contribution in [1.29, 1.82) is 0 Å². The van der Waals surface area contributed by atoms with Crippen LogP contribution in [0.3, 0.4) is 0 Å².